The maximum absolute atomic E-state index is 13.3. The van der Waals surface area contributed by atoms with Crippen LogP contribution in [0.15, 0.2) is 18.2 Å². The van der Waals surface area contributed by atoms with Gasteiger partial charge in [-0.3, -0.25) is 4.79 Å². The van der Waals surface area contributed by atoms with Crippen LogP contribution in [0.4, 0.5) is 8.78 Å². The maximum Gasteiger partial charge on any atom is 0.172 e. The van der Waals surface area contributed by atoms with Crippen LogP contribution in [0, 0.1) is 11.6 Å². The molecule has 0 saturated carbocycles. The number of unbranched alkanes of at least 4 members (excludes halogenated alkanes) is 2. The van der Waals surface area contributed by atoms with E-state index in [9.17, 15) is 13.6 Å². The first kappa shape index (κ1) is 14.3. The van der Waals surface area contributed by atoms with Crippen molar-refractivity contribution in [1.82, 2.24) is 15.0 Å². The Hall–Kier alpha value is -2.11. The highest BCUT2D eigenvalue weighted by Crippen LogP contribution is 2.23. The lowest BCUT2D eigenvalue weighted by Gasteiger charge is -2.07. The van der Waals surface area contributed by atoms with Crippen molar-refractivity contribution < 1.29 is 13.6 Å². The molecule has 0 aliphatic carbocycles. The Kier molecular flexibility index (Phi) is 4.55. The van der Waals surface area contributed by atoms with E-state index in [-0.39, 0.29) is 5.69 Å². The molecule has 1 heterocycles. The molecule has 20 heavy (non-hydrogen) atoms. The molecular formula is C14H15F2N3O. The van der Waals surface area contributed by atoms with E-state index in [2.05, 4.69) is 17.2 Å². The monoisotopic (exact) mass is 279 g/mol. The van der Waals surface area contributed by atoms with Crippen molar-refractivity contribution in [2.24, 2.45) is 0 Å². The van der Waals surface area contributed by atoms with Gasteiger partial charge in [-0.05, 0) is 24.6 Å². The lowest BCUT2D eigenvalue weighted by atomic mass is 10.1. The Bertz CT molecular complexity index is 610. The van der Waals surface area contributed by atoms with Gasteiger partial charge in [-0.1, -0.05) is 25.0 Å². The van der Waals surface area contributed by atoms with Crippen molar-refractivity contribution in [3.05, 3.63) is 35.5 Å². The van der Waals surface area contributed by atoms with Gasteiger partial charge in [-0.2, -0.15) is 0 Å². The summed E-state index contributed by atoms with van der Waals surface area (Å²) in [4.78, 5) is 11.0. The number of halogens is 2. The summed E-state index contributed by atoms with van der Waals surface area (Å²) < 4.78 is 27.9. The molecular weight excluding hydrogens is 264 g/mol. The quantitative estimate of drug-likeness (QED) is 0.602. The minimum atomic E-state index is -0.958. The van der Waals surface area contributed by atoms with Crippen molar-refractivity contribution in [1.29, 1.82) is 0 Å². The molecule has 0 saturated heterocycles. The fourth-order valence-electron chi connectivity index (χ4n) is 2.01. The van der Waals surface area contributed by atoms with Crippen molar-refractivity contribution in [3.63, 3.8) is 0 Å². The van der Waals surface area contributed by atoms with Crippen LogP contribution in [0.3, 0.4) is 0 Å². The summed E-state index contributed by atoms with van der Waals surface area (Å²) >= 11 is 0. The molecule has 2 rings (SSSR count). The molecule has 0 spiro atoms. The predicted molar refractivity (Wildman–Crippen MR) is 70.3 cm³/mol. The van der Waals surface area contributed by atoms with Gasteiger partial charge in [0.2, 0.25) is 0 Å². The third kappa shape index (κ3) is 2.89. The van der Waals surface area contributed by atoms with Crippen LogP contribution in [-0.2, 0) is 6.54 Å². The Labute approximate surface area is 115 Å². The van der Waals surface area contributed by atoms with E-state index in [0.29, 0.717) is 24.1 Å². The van der Waals surface area contributed by atoms with Crippen LogP contribution >= 0.6 is 0 Å². The molecule has 0 aliphatic heterocycles. The lowest BCUT2D eigenvalue weighted by molar-refractivity contribution is 0.111. The first-order valence-electron chi connectivity index (χ1n) is 6.51. The summed E-state index contributed by atoms with van der Waals surface area (Å²) in [6, 6.07) is 3.50. The molecule has 106 valence electrons. The summed E-state index contributed by atoms with van der Waals surface area (Å²) in [5.41, 5.74) is 0.954. The Balaban J connectivity index is 2.39. The molecule has 0 atom stereocenters. The van der Waals surface area contributed by atoms with E-state index in [4.69, 9.17) is 0 Å². The number of nitrogens with zero attached hydrogens (tertiary/aromatic N) is 3. The van der Waals surface area contributed by atoms with Crippen LogP contribution in [0.25, 0.3) is 11.3 Å². The molecule has 4 nitrogen and oxygen atoms in total. The molecule has 2 aromatic rings. The summed E-state index contributed by atoms with van der Waals surface area (Å²) in [5.74, 6) is -1.88. The molecule has 0 unspecified atom stereocenters. The molecule has 1 aromatic carbocycles. The van der Waals surface area contributed by atoms with E-state index < -0.39 is 11.6 Å². The summed E-state index contributed by atoms with van der Waals surface area (Å²) in [7, 11) is 0. The third-order valence-electron chi connectivity index (χ3n) is 3.04. The fourth-order valence-corrected chi connectivity index (χ4v) is 2.01. The first-order valence-corrected chi connectivity index (χ1v) is 6.51. The number of carbonyl (C=O) groups excluding carboxylic acids is 1. The number of aldehydes is 1. The number of aromatic nitrogens is 3. The van der Waals surface area contributed by atoms with Crippen LogP contribution in [-0.4, -0.2) is 21.3 Å². The van der Waals surface area contributed by atoms with Gasteiger partial charge in [-0.25, -0.2) is 13.5 Å². The summed E-state index contributed by atoms with van der Waals surface area (Å²) in [5, 5.41) is 7.68. The average Bonchev–Trinajstić information content (AvgIpc) is 2.85. The highest BCUT2D eigenvalue weighted by molar-refractivity contribution is 5.83. The van der Waals surface area contributed by atoms with Gasteiger partial charge in [0.1, 0.15) is 0 Å². The van der Waals surface area contributed by atoms with Crippen LogP contribution in [0.2, 0.25) is 0 Å². The molecule has 0 bridgehead atoms. The molecule has 1 aromatic heterocycles. The number of benzene rings is 1. The van der Waals surface area contributed by atoms with Crippen molar-refractivity contribution in [2.75, 3.05) is 0 Å². The Morgan fingerprint density at radius 2 is 2.05 bits per heavy atom. The second kappa shape index (κ2) is 6.36. The van der Waals surface area contributed by atoms with Gasteiger partial charge < -0.3 is 0 Å². The van der Waals surface area contributed by atoms with Crippen molar-refractivity contribution in [2.45, 2.75) is 32.7 Å². The van der Waals surface area contributed by atoms with Crippen LogP contribution < -0.4 is 0 Å². The normalized spacial score (nSPS) is 10.8. The van der Waals surface area contributed by atoms with Crippen molar-refractivity contribution in [3.8, 4) is 11.3 Å². The maximum atomic E-state index is 13.3. The standard InChI is InChI=1S/C14H15F2N3O/c1-2-3-4-7-19-14(13(9-20)17-18-19)10-5-6-11(15)12(16)8-10/h5-6,8-9H,2-4,7H2,1H3. The van der Waals surface area contributed by atoms with Crippen LogP contribution in [0.1, 0.15) is 36.7 Å². The topological polar surface area (TPSA) is 47.8 Å². The second-order valence-corrected chi connectivity index (χ2v) is 4.50. The molecule has 0 amide bonds. The highest BCUT2D eigenvalue weighted by Gasteiger charge is 2.16. The Morgan fingerprint density at radius 3 is 2.70 bits per heavy atom. The zero-order valence-corrected chi connectivity index (χ0v) is 11.1. The first-order chi connectivity index (χ1) is 9.67. The molecule has 0 N–H and O–H groups in total. The number of rotatable bonds is 6. The van der Waals surface area contributed by atoms with Crippen LogP contribution in [0.5, 0.6) is 0 Å². The number of hydrogen-bond acceptors (Lipinski definition) is 3. The van der Waals surface area contributed by atoms with E-state index >= 15 is 0 Å². The van der Waals surface area contributed by atoms with Crippen molar-refractivity contribution >= 4 is 6.29 Å². The Morgan fingerprint density at radius 1 is 1.25 bits per heavy atom. The minimum Gasteiger partial charge on any atom is -0.296 e. The molecule has 6 heteroatoms. The summed E-state index contributed by atoms with van der Waals surface area (Å²) in [6.07, 6.45) is 3.53. The predicted octanol–water partition coefficient (Wildman–Crippen LogP) is 3.23. The van der Waals surface area contributed by atoms with E-state index in [1.54, 1.807) is 4.68 Å². The largest absolute Gasteiger partial charge is 0.296 e. The van der Waals surface area contributed by atoms with Gasteiger partial charge in [0.25, 0.3) is 0 Å². The fraction of sp³-hybridized carbons (Fsp3) is 0.357. The smallest absolute Gasteiger partial charge is 0.172 e. The van der Waals surface area contributed by atoms with E-state index in [1.165, 1.54) is 6.07 Å². The molecule has 0 radical (unpaired) electrons. The molecule has 0 aliphatic rings. The van der Waals surface area contributed by atoms with Gasteiger partial charge in [0.15, 0.2) is 23.6 Å². The van der Waals surface area contributed by atoms with E-state index in [1.807, 2.05) is 0 Å². The van der Waals surface area contributed by atoms with E-state index in [0.717, 1.165) is 31.4 Å². The summed E-state index contributed by atoms with van der Waals surface area (Å²) in [6.45, 7) is 2.66. The van der Waals surface area contributed by atoms with Gasteiger partial charge in [0, 0.05) is 12.1 Å². The van der Waals surface area contributed by atoms with Gasteiger partial charge >= 0.3 is 0 Å². The minimum absolute atomic E-state index is 0.132. The van der Waals surface area contributed by atoms with Gasteiger partial charge in [-0.15, -0.1) is 5.10 Å². The van der Waals surface area contributed by atoms with Gasteiger partial charge in [0.05, 0.1) is 5.69 Å². The number of aryl methyl sites for hydroxylation is 1. The lowest BCUT2D eigenvalue weighted by Crippen LogP contribution is -2.03. The zero-order chi connectivity index (χ0) is 14.5. The molecule has 0 fully saturated rings. The highest BCUT2D eigenvalue weighted by atomic mass is 19.2. The SMILES string of the molecule is CCCCCn1nnc(C=O)c1-c1ccc(F)c(F)c1. The third-order valence-corrected chi connectivity index (χ3v) is 3.04. The zero-order valence-electron chi connectivity index (χ0n) is 11.1. The second-order valence-electron chi connectivity index (χ2n) is 4.50. The number of carbonyl (C=O) groups is 1. The average molecular weight is 279 g/mol. The number of hydrogen-bond donors (Lipinski definition) is 0.